The van der Waals surface area contributed by atoms with Crippen LogP contribution in [-0.4, -0.2) is 63.9 Å². The Kier molecular flexibility index (Phi) is 10.3. The number of rotatable bonds is 7. The third-order valence-electron chi connectivity index (χ3n) is 2.86. The summed E-state index contributed by atoms with van der Waals surface area (Å²) in [6.07, 6.45) is -0.737. The molecule has 0 unspecified atom stereocenters. The Balaban J connectivity index is 0.000000561. The minimum absolute atomic E-state index is 0.124. The fourth-order valence-electron chi connectivity index (χ4n) is 1.15. The third-order valence-corrected chi connectivity index (χ3v) is 2.86. The smallest absolute Gasteiger partial charge is 0.408 e. The van der Waals surface area contributed by atoms with E-state index in [0.717, 1.165) is 5.56 Å². The van der Waals surface area contributed by atoms with Crippen molar-refractivity contribution in [3.05, 3.63) is 35.9 Å². The van der Waals surface area contributed by atoms with Crippen LogP contribution in [0.5, 0.6) is 0 Å². The topological polar surface area (TPSA) is 162 Å². The normalized spacial score (nSPS) is 11.7. The third kappa shape index (κ3) is 9.06. The molecule has 7 N–H and O–H groups in total. The van der Waals surface area contributed by atoms with Gasteiger partial charge in [-0.2, -0.15) is 0 Å². The van der Waals surface area contributed by atoms with Gasteiger partial charge in [0.25, 0.3) is 0 Å². The van der Waals surface area contributed by atoms with Crippen molar-refractivity contribution in [1.82, 2.24) is 5.32 Å². The Morgan fingerprint density at radius 2 is 1.67 bits per heavy atom. The number of ether oxygens (including phenoxy) is 1. The van der Waals surface area contributed by atoms with Crippen LogP contribution < -0.4 is 11.1 Å². The highest BCUT2D eigenvalue weighted by Gasteiger charge is 2.20. The van der Waals surface area contributed by atoms with E-state index in [1.54, 1.807) is 0 Å². The van der Waals surface area contributed by atoms with Crippen molar-refractivity contribution in [2.45, 2.75) is 25.1 Å². The highest BCUT2D eigenvalue weighted by Crippen LogP contribution is 2.00. The van der Waals surface area contributed by atoms with Crippen LogP contribution in [0, 0.1) is 0 Å². The number of benzene rings is 1. The monoisotopic (exact) mass is 344 g/mol. The molecule has 0 bridgehead atoms. The van der Waals surface area contributed by atoms with Crippen LogP contribution in [-0.2, 0) is 16.1 Å². The van der Waals surface area contributed by atoms with E-state index in [-0.39, 0.29) is 6.61 Å². The Bertz CT molecular complexity index is 484. The second kappa shape index (κ2) is 11.4. The molecule has 9 nitrogen and oxygen atoms in total. The maximum Gasteiger partial charge on any atom is 0.408 e. The van der Waals surface area contributed by atoms with E-state index in [0.29, 0.717) is 0 Å². The summed E-state index contributed by atoms with van der Waals surface area (Å²) in [5.74, 6) is -1.10. The summed E-state index contributed by atoms with van der Waals surface area (Å²) in [4.78, 5) is 21.6. The number of amides is 1. The van der Waals surface area contributed by atoms with Crippen molar-refractivity contribution in [2.24, 2.45) is 5.73 Å². The molecule has 0 saturated heterocycles. The fourth-order valence-corrected chi connectivity index (χ4v) is 1.15. The van der Waals surface area contributed by atoms with Gasteiger partial charge in [-0.1, -0.05) is 30.3 Å². The van der Waals surface area contributed by atoms with Crippen molar-refractivity contribution in [3.63, 3.8) is 0 Å². The highest BCUT2D eigenvalue weighted by molar-refractivity contribution is 5.79. The molecular weight excluding hydrogens is 320 g/mol. The molecule has 1 aromatic carbocycles. The number of carbonyl (C=O) groups excluding carboxylic acids is 1. The molecule has 0 heterocycles. The number of carboxylic acid groups (broad SMARTS) is 1. The molecule has 1 amide bonds. The molecular formula is C15H24N2O7. The largest absolute Gasteiger partial charge is 0.480 e. The molecule has 9 heteroatoms. The first-order valence-electron chi connectivity index (χ1n) is 7.09. The number of nitrogens with two attached hydrogens (primary N) is 1. The van der Waals surface area contributed by atoms with Crippen molar-refractivity contribution in [1.29, 1.82) is 0 Å². The van der Waals surface area contributed by atoms with Gasteiger partial charge in [-0.3, -0.25) is 4.79 Å². The van der Waals surface area contributed by atoms with Crippen molar-refractivity contribution in [3.8, 4) is 0 Å². The molecule has 136 valence electrons. The van der Waals surface area contributed by atoms with E-state index in [4.69, 9.17) is 30.9 Å². The van der Waals surface area contributed by atoms with Crippen molar-refractivity contribution in [2.75, 3.05) is 19.8 Å². The van der Waals surface area contributed by atoms with E-state index < -0.39 is 43.5 Å². The SMILES string of the molecule is C[C@H](NC(=O)OCc1ccccc1)C(=O)O.NC(CO)(CO)CO. The van der Waals surface area contributed by atoms with Gasteiger partial charge in [0.15, 0.2) is 0 Å². The van der Waals surface area contributed by atoms with Gasteiger partial charge in [-0.05, 0) is 12.5 Å². The van der Waals surface area contributed by atoms with Crippen molar-refractivity contribution < 1.29 is 34.8 Å². The van der Waals surface area contributed by atoms with E-state index in [9.17, 15) is 9.59 Å². The first-order chi connectivity index (χ1) is 11.3. The van der Waals surface area contributed by atoms with E-state index in [2.05, 4.69) is 5.32 Å². The number of nitrogens with one attached hydrogen (secondary N) is 1. The van der Waals surface area contributed by atoms with Crippen LogP contribution in [0.3, 0.4) is 0 Å². The van der Waals surface area contributed by atoms with E-state index in [1.807, 2.05) is 30.3 Å². The lowest BCUT2D eigenvalue weighted by atomic mass is 10.1. The zero-order chi connectivity index (χ0) is 18.6. The van der Waals surface area contributed by atoms with Crippen LogP contribution in [0.4, 0.5) is 4.79 Å². The zero-order valence-electron chi connectivity index (χ0n) is 13.4. The Morgan fingerprint density at radius 3 is 2.04 bits per heavy atom. The molecule has 0 aromatic heterocycles. The summed E-state index contributed by atoms with van der Waals surface area (Å²) in [7, 11) is 0. The average Bonchev–Trinajstić information content (AvgIpc) is 2.60. The molecule has 0 aliphatic heterocycles. The summed E-state index contributed by atoms with van der Waals surface area (Å²) in [5.41, 5.74) is 4.79. The number of aliphatic hydroxyl groups is 3. The lowest BCUT2D eigenvalue weighted by molar-refractivity contribution is -0.138. The van der Waals surface area contributed by atoms with Crippen LogP contribution in [0.1, 0.15) is 12.5 Å². The Labute approximate surface area is 139 Å². The second-order valence-corrected chi connectivity index (χ2v) is 5.10. The quantitative estimate of drug-likeness (QED) is 0.369. The van der Waals surface area contributed by atoms with Gasteiger partial charge < -0.3 is 36.2 Å². The highest BCUT2D eigenvalue weighted by atomic mass is 16.5. The molecule has 0 aliphatic carbocycles. The van der Waals surface area contributed by atoms with E-state index in [1.165, 1.54) is 6.92 Å². The summed E-state index contributed by atoms with van der Waals surface area (Å²) >= 11 is 0. The Morgan fingerprint density at radius 1 is 1.17 bits per heavy atom. The summed E-state index contributed by atoms with van der Waals surface area (Å²) in [6, 6.07) is 8.19. The molecule has 1 atom stereocenters. The molecule has 1 aromatic rings. The number of alkyl carbamates (subject to hydrolysis) is 1. The van der Waals surface area contributed by atoms with Gasteiger partial charge in [0.2, 0.25) is 0 Å². The minimum Gasteiger partial charge on any atom is -0.480 e. The van der Waals surface area contributed by atoms with E-state index >= 15 is 0 Å². The fraction of sp³-hybridized carbons (Fsp3) is 0.467. The molecule has 0 spiro atoms. The van der Waals surface area contributed by atoms with Crippen LogP contribution in [0.2, 0.25) is 0 Å². The molecule has 24 heavy (non-hydrogen) atoms. The van der Waals surface area contributed by atoms with Crippen LogP contribution >= 0.6 is 0 Å². The lowest BCUT2D eigenvalue weighted by Crippen LogP contribution is -2.50. The number of carboxylic acids is 1. The van der Waals surface area contributed by atoms with Crippen molar-refractivity contribution >= 4 is 12.1 Å². The molecule has 0 radical (unpaired) electrons. The van der Waals surface area contributed by atoms with Gasteiger partial charge in [0.1, 0.15) is 12.6 Å². The van der Waals surface area contributed by atoms with Gasteiger partial charge in [-0.15, -0.1) is 0 Å². The minimum atomic E-state index is -1.21. The van der Waals surface area contributed by atoms with Crippen LogP contribution in [0.25, 0.3) is 0 Å². The van der Waals surface area contributed by atoms with Gasteiger partial charge in [-0.25, -0.2) is 4.79 Å². The second-order valence-electron chi connectivity index (χ2n) is 5.10. The first kappa shape index (κ1) is 21.8. The number of carbonyl (C=O) groups is 2. The average molecular weight is 344 g/mol. The maximum atomic E-state index is 11.1. The number of aliphatic hydroxyl groups excluding tert-OH is 3. The summed E-state index contributed by atoms with van der Waals surface area (Å²) < 4.78 is 4.84. The number of hydrogen-bond acceptors (Lipinski definition) is 7. The summed E-state index contributed by atoms with van der Waals surface area (Å²) in [6.45, 7) is 0.283. The standard InChI is InChI=1S/C11H13NO4.C4H11NO3/c1-8(10(13)14)12-11(15)16-7-9-5-3-2-4-6-9;5-4(1-6,2-7)3-8/h2-6,8H,7H2,1H3,(H,12,15)(H,13,14);6-8H,1-3,5H2/t8-;/m0./s1. The van der Waals surface area contributed by atoms with Gasteiger partial charge >= 0.3 is 12.1 Å². The zero-order valence-corrected chi connectivity index (χ0v) is 13.4. The number of aliphatic carboxylic acids is 1. The lowest BCUT2D eigenvalue weighted by Gasteiger charge is -2.20. The summed E-state index contributed by atoms with van der Waals surface area (Å²) in [5, 5.41) is 35.8. The molecule has 1 rings (SSSR count). The van der Waals surface area contributed by atoms with Gasteiger partial charge in [0, 0.05) is 0 Å². The number of hydrogen-bond donors (Lipinski definition) is 6. The predicted molar refractivity (Wildman–Crippen MR) is 85.0 cm³/mol. The first-order valence-corrected chi connectivity index (χ1v) is 7.09. The van der Waals surface area contributed by atoms with Crippen LogP contribution in [0.15, 0.2) is 30.3 Å². The van der Waals surface area contributed by atoms with Gasteiger partial charge in [0.05, 0.1) is 25.4 Å². The molecule has 0 aliphatic rings. The molecule has 0 saturated carbocycles. The molecule has 0 fully saturated rings. The predicted octanol–water partition coefficient (Wildman–Crippen LogP) is -0.953. The Hall–Kier alpha value is -2.20. The maximum absolute atomic E-state index is 11.1.